The molecule has 164 valence electrons. The van der Waals surface area contributed by atoms with Crippen LogP contribution < -0.4 is 5.32 Å². The number of halogens is 1. The summed E-state index contributed by atoms with van der Waals surface area (Å²) in [4.78, 5) is 28.1. The summed E-state index contributed by atoms with van der Waals surface area (Å²) in [5, 5.41) is 11.3. The zero-order valence-electron chi connectivity index (χ0n) is 18.6. The van der Waals surface area contributed by atoms with Gasteiger partial charge in [-0.25, -0.2) is 0 Å². The van der Waals surface area contributed by atoms with E-state index in [1.807, 2.05) is 18.2 Å². The lowest BCUT2D eigenvalue weighted by molar-refractivity contribution is 0.0845. The van der Waals surface area contributed by atoms with E-state index in [-0.39, 0.29) is 11.8 Å². The Morgan fingerprint density at radius 2 is 1.45 bits per heavy atom. The molecular weight excluding hydrogens is 476 g/mol. The highest BCUT2D eigenvalue weighted by Gasteiger charge is 2.29. The van der Waals surface area contributed by atoms with Crippen LogP contribution in [0.4, 0.5) is 0 Å². The summed E-state index contributed by atoms with van der Waals surface area (Å²) in [5.74, 6) is -0.624. The Kier molecular flexibility index (Phi) is 4.68. The van der Waals surface area contributed by atoms with Crippen LogP contribution in [0, 0.1) is 0 Å². The molecule has 0 aromatic heterocycles. The highest BCUT2D eigenvalue weighted by molar-refractivity contribution is 9.10. The van der Waals surface area contributed by atoms with Crippen LogP contribution in [0.25, 0.3) is 43.1 Å². The van der Waals surface area contributed by atoms with Crippen LogP contribution in [-0.2, 0) is 6.42 Å². The summed E-state index contributed by atoms with van der Waals surface area (Å²) in [6.45, 7) is 7.25. The molecule has 5 heteroatoms. The number of carbonyl (C=O) groups is 2. The molecule has 6 rings (SSSR count). The molecule has 2 amide bonds. The van der Waals surface area contributed by atoms with Gasteiger partial charge >= 0.3 is 0 Å². The zero-order chi connectivity index (χ0) is 22.9. The molecule has 0 bridgehead atoms. The monoisotopic (exact) mass is 498 g/mol. The van der Waals surface area contributed by atoms with Crippen LogP contribution in [0.5, 0.6) is 0 Å². The molecule has 0 saturated heterocycles. The number of rotatable bonds is 5. The van der Waals surface area contributed by atoms with Crippen molar-refractivity contribution >= 4 is 70.8 Å². The Morgan fingerprint density at radius 3 is 2.24 bits per heavy atom. The van der Waals surface area contributed by atoms with Crippen LogP contribution in [0.3, 0.4) is 0 Å². The SMILES string of the molecule is CCN(CC)CCc1cc2c3c(ccc4c5ccc(Br)c6cccc(c1c34)c65)C(=O)NC2=O. The van der Waals surface area contributed by atoms with Crippen molar-refractivity contribution in [2.75, 3.05) is 19.6 Å². The molecule has 4 nitrogen and oxygen atoms in total. The van der Waals surface area contributed by atoms with E-state index < -0.39 is 0 Å². The minimum absolute atomic E-state index is 0.305. The summed E-state index contributed by atoms with van der Waals surface area (Å²) < 4.78 is 1.07. The van der Waals surface area contributed by atoms with E-state index >= 15 is 0 Å². The van der Waals surface area contributed by atoms with Gasteiger partial charge in [0.25, 0.3) is 11.8 Å². The van der Waals surface area contributed by atoms with Crippen molar-refractivity contribution in [3.8, 4) is 0 Å². The third kappa shape index (κ3) is 2.85. The lowest BCUT2D eigenvalue weighted by Crippen LogP contribution is -2.35. The summed E-state index contributed by atoms with van der Waals surface area (Å²) in [6, 6.07) is 16.6. The molecule has 0 aliphatic carbocycles. The Hall–Kier alpha value is -3.02. The normalized spacial score (nSPS) is 13.8. The predicted octanol–water partition coefficient (Wildman–Crippen LogP) is 6.27. The van der Waals surface area contributed by atoms with Crippen LogP contribution in [-0.4, -0.2) is 36.3 Å². The standard InChI is InChI=1S/C28H23BrN2O2/c1-3-31(4-2)13-12-15-14-21-25-20(27(32)30-28(21)33)9-8-17-16-10-11-22(29)18-6-5-7-19(24(16)18)23(15)26(17)25/h5-11,14H,3-4,12-13H2,1-2H3,(H,30,32,33). The maximum atomic E-state index is 12.9. The average Bonchev–Trinajstić information content (AvgIpc) is 2.83. The number of hydrogen-bond acceptors (Lipinski definition) is 3. The quantitative estimate of drug-likeness (QED) is 0.176. The molecule has 0 fully saturated rings. The Balaban J connectivity index is 1.82. The van der Waals surface area contributed by atoms with Gasteiger partial charge < -0.3 is 4.90 Å². The summed E-state index contributed by atoms with van der Waals surface area (Å²) >= 11 is 3.74. The van der Waals surface area contributed by atoms with E-state index in [1.165, 1.54) is 16.2 Å². The first-order valence-electron chi connectivity index (χ1n) is 11.5. The van der Waals surface area contributed by atoms with Crippen molar-refractivity contribution in [3.63, 3.8) is 0 Å². The van der Waals surface area contributed by atoms with E-state index in [0.29, 0.717) is 11.1 Å². The molecule has 0 saturated carbocycles. The first kappa shape index (κ1) is 20.6. The van der Waals surface area contributed by atoms with Crippen molar-refractivity contribution in [1.82, 2.24) is 10.2 Å². The second kappa shape index (κ2) is 7.51. The molecule has 33 heavy (non-hydrogen) atoms. The number of nitrogens with one attached hydrogen (secondary N) is 1. The first-order valence-corrected chi connectivity index (χ1v) is 12.2. The van der Waals surface area contributed by atoms with E-state index in [4.69, 9.17) is 0 Å². The second-order valence-corrected chi connectivity index (χ2v) is 9.61. The number of imide groups is 1. The lowest BCUT2D eigenvalue weighted by atomic mass is 9.82. The van der Waals surface area contributed by atoms with Crippen LogP contribution in [0.15, 0.2) is 53.0 Å². The summed E-state index contributed by atoms with van der Waals surface area (Å²) in [7, 11) is 0. The van der Waals surface area contributed by atoms with Gasteiger partial charge in [0.1, 0.15) is 0 Å². The van der Waals surface area contributed by atoms with Gasteiger partial charge in [-0.05, 0) is 81.0 Å². The zero-order valence-corrected chi connectivity index (χ0v) is 20.2. The molecule has 1 heterocycles. The average molecular weight is 499 g/mol. The van der Waals surface area contributed by atoms with Crippen molar-refractivity contribution in [1.29, 1.82) is 0 Å². The molecule has 1 aliphatic heterocycles. The number of nitrogens with zero attached hydrogens (tertiary/aromatic N) is 1. The van der Waals surface area contributed by atoms with Crippen molar-refractivity contribution in [2.45, 2.75) is 20.3 Å². The van der Waals surface area contributed by atoms with Gasteiger partial charge in [-0.3, -0.25) is 14.9 Å². The number of carbonyl (C=O) groups excluding carboxylic acids is 2. The van der Waals surface area contributed by atoms with Crippen LogP contribution >= 0.6 is 15.9 Å². The van der Waals surface area contributed by atoms with Crippen LogP contribution in [0.1, 0.15) is 40.1 Å². The van der Waals surface area contributed by atoms with Gasteiger partial charge in [0.05, 0.1) is 0 Å². The third-order valence-electron chi connectivity index (χ3n) is 7.22. The predicted molar refractivity (Wildman–Crippen MR) is 139 cm³/mol. The minimum Gasteiger partial charge on any atom is -0.304 e. The van der Waals surface area contributed by atoms with Gasteiger partial charge in [0.2, 0.25) is 0 Å². The van der Waals surface area contributed by atoms with Crippen molar-refractivity contribution in [2.24, 2.45) is 0 Å². The van der Waals surface area contributed by atoms with E-state index in [1.54, 1.807) is 0 Å². The fraction of sp³-hybridized carbons (Fsp3) is 0.214. The highest BCUT2D eigenvalue weighted by Crippen LogP contribution is 2.45. The molecule has 0 radical (unpaired) electrons. The van der Waals surface area contributed by atoms with Crippen LogP contribution in [0.2, 0.25) is 0 Å². The largest absolute Gasteiger partial charge is 0.304 e. The lowest BCUT2D eigenvalue weighted by Gasteiger charge is -2.24. The van der Waals surface area contributed by atoms with Gasteiger partial charge in [-0.15, -0.1) is 0 Å². The fourth-order valence-electron chi connectivity index (χ4n) is 5.58. The number of likely N-dealkylation sites (N-methyl/N-ethyl adjacent to an activating group) is 1. The van der Waals surface area contributed by atoms with Crippen molar-refractivity contribution < 1.29 is 9.59 Å². The summed E-state index contributed by atoms with van der Waals surface area (Å²) in [5.41, 5.74) is 2.34. The van der Waals surface area contributed by atoms with Gasteiger partial charge in [0.15, 0.2) is 0 Å². The molecule has 5 aromatic carbocycles. The van der Waals surface area contributed by atoms with Gasteiger partial charge in [0, 0.05) is 27.5 Å². The number of amides is 2. The number of benzene rings is 5. The molecule has 0 spiro atoms. The van der Waals surface area contributed by atoms with Gasteiger partial charge in [-0.2, -0.15) is 0 Å². The minimum atomic E-state index is -0.319. The van der Waals surface area contributed by atoms with E-state index in [2.05, 4.69) is 70.3 Å². The molecule has 1 N–H and O–H groups in total. The van der Waals surface area contributed by atoms with Crippen molar-refractivity contribution in [3.05, 3.63) is 69.7 Å². The molecule has 0 atom stereocenters. The summed E-state index contributed by atoms with van der Waals surface area (Å²) in [6.07, 6.45) is 0.838. The van der Waals surface area contributed by atoms with E-state index in [9.17, 15) is 9.59 Å². The Morgan fingerprint density at radius 1 is 0.758 bits per heavy atom. The topological polar surface area (TPSA) is 49.4 Å². The third-order valence-corrected chi connectivity index (χ3v) is 7.91. The Bertz CT molecular complexity index is 1620. The highest BCUT2D eigenvalue weighted by atomic mass is 79.9. The maximum absolute atomic E-state index is 12.9. The maximum Gasteiger partial charge on any atom is 0.258 e. The van der Waals surface area contributed by atoms with E-state index in [0.717, 1.165) is 63.0 Å². The number of fused-ring (bicyclic) bond motifs is 2. The second-order valence-electron chi connectivity index (χ2n) is 8.75. The Labute approximate surface area is 200 Å². The molecule has 0 unspecified atom stereocenters. The number of hydrogen-bond donors (Lipinski definition) is 1. The molecular formula is C28H23BrN2O2. The smallest absolute Gasteiger partial charge is 0.258 e. The molecule has 1 aliphatic rings. The first-order chi connectivity index (χ1) is 16.0. The fourth-order valence-corrected chi connectivity index (χ4v) is 6.04. The van der Waals surface area contributed by atoms with Gasteiger partial charge in [-0.1, -0.05) is 60.1 Å². The molecule has 5 aromatic rings.